The molecule has 2 aromatic rings. The third-order valence-electron chi connectivity index (χ3n) is 3.35. The van der Waals surface area contributed by atoms with E-state index in [0.717, 1.165) is 4.90 Å². The molecule has 0 aliphatic heterocycles. The molecule has 6 heteroatoms. The van der Waals surface area contributed by atoms with Gasteiger partial charge in [-0.05, 0) is 42.8 Å². The lowest BCUT2D eigenvalue weighted by atomic mass is 10.1. The number of rotatable bonds is 6. The largest absolute Gasteiger partial charge is 0.465 e. The minimum absolute atomic E-state index is 0.159. The van der Waals surface area contributed by atoms with Crippen molar-refractivity contribution in [3.8, 4) is 0 Å². The van der Waals surface area contributed by atoms with E-state index in [-0.39, 0.29) is 11.2 Å². The van der Waals surface area contributed by atoms with E-state index in [1.54, 1.807) is 36.4 Å². The molecule has 0 bridgehead atoms. The maximum Gasteiger partial charge on any atom is 0.339 e. The molecular weight excluding hydrogens is 346 g/mol. The number of amides is 1. The van der Waals surface area contributed by atoms with Crippen molar-refractivity contribution in [1.82, 2.24) is 0 Å². The van der Waals surface area contributed by atoms with Crippen molar-refractivity contribution in [2.24, 2.45) is 0 Å². The van der Waals surface area contributed by atoms with Crippen LogP contribution in [0.2, 0.25) is 5.02 Å². The summed E-state index contributed by atoms with van der Waals surface area (Å²) in [7, 11) is 1.31. The van der Waals surface area contributed by atoms with Gasteiger partial charge in [-0.2, -0.15) is 0 Å². The van der Waals surface area contributed by atoms with Crippen LogP contribution in [-0.4, -0.2) is 24.2 Å². The molecule has 4 nitrogen and oxygen atoms in total. The van der Waals surface area contributed by atoms with E-state index in [0.29, 0.717) is 22.7 Å². The van der Waals surface area contributed by atoms with E-state index in [2.05, 4.69) is 5.32 Å². The number of thioether (sulfide) groups is 1. The lowest BCUT2D eigenvalue weighted by Crippen LogP contribution is -2.25. The Morgan fingerprint density at radius 3 is 2.46 bits per heavy atom. The average molecular weight is 364 g/mol. The van der Waals surface area contributed by atoms with Crippen LogP contribution in [0.1, 0.15) is 23.7 Å². The molecule has 1 amide bonds. The number of carbonyl (C=O) groups is 2. The van der Waals surface area contributed by atoms with Crippen LogP contribution in [0.4, 0.5) is 5.69 Å². The fourth-order valence-electron chi connectivity index (χ4n) is 2.09. The van der Waals surface area contributed by atoms with E-state index in [1.165, 1.54) is 18.9 Å². The van der Waals surface area contributed by atoms with Crippen LogP contribution in [0.5, 0.6) is 0 Å². The highest BCUT2D eigenvalue weighted by Gasteiger charge is 2.20. The summed E-state index contributed by atoms with van der Waals surface area (Å²) < 4.78 is 4.74. The third kappa shape index (κ3) is 4.76. The normalized spacial score (nSPS) is 11.6. The van der Waals surface area contributed by atoms with Gasteiger partial charge >= 0.3 is 5.97 Å². The zero-order valence-electron chi connectivity index (χ0n) is 13.4. The van der Waals surface area contributed by atoms with Crippen LogP contribution in [0.3, 0.4) is 0 Å². The van der Waals surface area contributed by atoms with Gasteiger partial charge in [0.05, 0.1) is 23.6 Å². The summed E-state index contributed by atoms with van der Waals surface area (Å²) in [5, 5.41) is 3.20. The zero-order valence-corrected chi connectivity index (χ0v) is 15.0. The van der Waals surface area contributed by atoms with Gasteiger partial charge in [0.2, 0.25) is 5.91 Å². The summed E-state index contributed by atoms with van der Waals surface area (Å²) >= 11 is 7.34. The Bertz CT molecular complexity index is 718. The van der Waals surface area contributed by atoms with Crippen molar-refractivity contribution < 1.29 is 14.3 Å². The highest BCUT2D eigenvalue weighted by atomic mass is 35.5. The molecule has 24 heavy (non-hydrogen) atoms. The average Bonchev–Trinajstić information content (AvgIpc) is 2.61. The summed E-state index contributed by atoms with van der Waals surface area (Å²) in [4.78, 5) is 25.3. The number of hydrogen-bond acceptors (Lipinski definition) is 4. The lowest BCUT2D eigenvalue weighted by molar-refractivity contribution is -0.115. The molecule has 0 saturated heterocycles. The minimum atomic E-state index is -0.482. The number of nitrogens with one attached hydrogen (secondary N) is 1. The summed E-state index contributed by atoms with van der Waals surface area (Å²) in [5.74, 6) is -0.641. The van der Waals surface area contributed by atoms with Gasteiger partial charge in [0.25, 0.3) is 0 Å². The molecule has 0 spiro atoms. The van der Waals surface area contributed by atoms with E-state index >= 15 is 0 Å². The quantitative estimate of drug-likeness (QED) is 0.600. The minimum Gasteiger partial charge on any atom is -0.465 e. The van der Waals surface area contributed by atoms with Gasteiger partial charge in [0, 0.05) is 9.92 Å². The molecular formula is C18H18ClNO3S. The van der Waals surface area contributed by atoms with E-state index in [4.69, 9.17) is 16.3 Å². The molecule has 0 unspecified atom stereocenters. The highest BCUT2D eigenvalue weighted by Crippen LogP contribution is 2.28. The van der Waals surface area contributed by atoms with Crippen molar-refractivity contribution >= 4 is 40.9 Å². The molecule has 0 aliphatic carbocycles. The van der Waals surface area contributed by atoms with Crippen LogP contribution in [0, 0.1) is 0 Å². The Kier molecular flexibility index (Phi) is 6.70. The first kappa shape index (κ1) is 18.4. The molecule has 0 saturated carbocycles. The van der Waals surface area contributed by atoms with Crippen LogP contribution in [0.25, 0.3) is 0 Å². The highest BCUT2D eigenvalue weighted by molar-refractivity contribution is 8.00. The molecule has 2 aromatic carbocycles. The molecule has 126 valence electrons. The van der Waals surface area contributed by atoms with Crippen LogP contribution in [0.15, 0.2) is 53.4 Å². The Hall–Kier alpha value is -1.98. The second kappa shape index (κ2) is 8.76. The van der Waals surface area contributed by atoms with Crippen LogP contribution < -0.4 is 5.32 Å². The topological polar surface area (TPSA) is 55.4 Å². The number of ether oxygens (including phenoxy) is 1. The first-order valence-electron chi connectivity index (χ1n) is 7.45. The zero-order chi connectivity index (χ0) is 17.5. The number of anilines is 1. The van der Waals surface area contributed by atoms with Crippen LogP contribution >= 0.6 is 23.4 Å². The SMILES string of the molecule is CC[C@@H](Sc1ccc(Cl)cc1)C(=O)Nc1ccccc1C(=O)OC. The first-order chi connectivity index (χ1) is 11.5. The predicted molar refractivity (Wildman–Crippen MR) is 97.8 cm³/mol. The fourth-order valence-corrected chi connectivity index (χ4v) is 3.17. The smallest absolute Gasteiger partial charge is 0.339 e. The summed E-state index contributed by atoms with van der Waals surface area (Å²) in [6.45, 7) is 1.94. The summed E-state index contributed by atoms with van der Waals surface area (Å²) in [6, 6.07) is 14.1. The number of benzene rings is 2. The van der Waals surface area contributed by atoms with Crippen molar-refractivity contribution in [3.63, 3.8) is 0 Å². The maximum atomic E-state index is 12.6. The van der Waals surface area contributed by atoms with Gasteiger partial charge in [0.1, 0.15) is 0 Å². The number of carbonyl (C=O) groups excluding carboxylic acids is 2. The number of hydrogen-bond donors (Lipinski definition) is 1. The second-order valence-corrected chi connectivity index (χ2v) is 6.71. The van der Waals surface area contributed by atoms with Crippen molar-refractivity contribution in [3.05, 3.63) is 59.1 Å². The number of halogens is 1. The van der Waals surface area contributed by atoms with E-state index in [9.17, 15) is 9.59 Å². The van der Waals surface area contributed by atoms with E-state index < -0.39 is 5.97 Å². The van der Waals surface area contributed by atoms with Crippen molar-refractivity contribution in [2.75, 3.05) is 12.4 Å². The van der Waals surface area contributed by atoms with Gasteiger partial charge in [-0.3, -0.25) is 4.79 Å². The Balaban J connectivity index is 2.12. The first-order valence-corrected chi connectivity index (χ1v) is 8.71. The molecule has 1 N–H and O–H groups in total. The van der Waals surface area contributed by atoms with Gasteiger partial charge in [-0.25, -0.2) is 4.79 Å². The van der Waals surface area contributed by atoms with Gasteiger partial charge < -0.3 is 10.1 Å². The molecule has 0 heterocycles. The van der Waals surface area contributed by atoms with Gasteiger partial charge in [-0.1, -0.05) is 30.7 Å². The molecule has 0 aliphatic rings. The molecule has 2 rings (SSSR count). The van der Waals surface area contributed by atoms with Gasteiger partial charge in [-0.15, -0.1) is 11.8 Å². The van der Waals surface area contributed by atoms with Crippen LogP contribution in [-0.2, 0) is 9.53 Å². The lowest BCUT2D eigenvalue weighted by Gasteiger charge is -2.16. The Labute approximate surface area is 150 Å². The molecule has 0 radical (unpaired) electrons. The fraction of sp³-hybridized carbons (Fsp3) is 0.222. The number of esters is 1. The monoisotopic (exact) mass is 363 g/mol. The maximum absolute atomic E-state index is 12.6. The third-order valence-corrected chi connectivity index (χ3v) is 4.97. The van der Waals surface area contributed by atoms with Crippen molar-refractivity contribution in [1.29, 1.82) is 0 Å². The Morgan fingerprint density at radius 1 is 1.17 bits per heavy atom. The molecule has 0 aromatic heterocycles. The van der Waals surface area contributed by atoms with Crippen molar-refractivity contribution in [2.45, 2.75) is 23.5 Å². The standard InChI is InChI=1S/C18H18ClNO3S/c1-3-16(24-13-10-8-12(19)9-11-13)17(21)20-15-7-5-4-6-14(15)18(22)23-2/h4-11,16H,3H2,1-2H3,(H,20,21)/t16-/m1/s1. The predicted octanol–water partition coefficient (Wildman–Crippen LogP) is 4.64. The summed E-state index contributed by atoms with van der Waals surface area (Å²) in [5.41, 5.74) is 0.782. The second-order valence-electron chi connectivity index (χ2n) is 5.00. The Morgan fingerprint density at radius 2 is 1.83 bits per heavy atom. The number of methoxy groups -OCH3 is 1. The van der Waals surface area contributed by atoms with E-state index in [1.807, 2.05) is 19.1 Å². The molecule has 0 fully saturated rings. The molecule has 1 atom stereocenters. The van der Waals surface area contributed by atoms with Gasteiger partial charge in [0.15, 0.2) is 0 Å². The number of para-hydroxylation sites is 1. The summed E-state index contributed by atoms with van der Waals surface area (Å²) in [6.07, 6.45) is 0.652.